The number of carbonyl (C=O) groups is 1. The molecule has 0 saturated carbocycles. The number of ketones is 1. The summed E-state index contributed by atoms with van der Waals surface area (Å²) in [5.74, 6) is -0.0894. The Morgan fingerprint density at radius 1 is 1.35 bits per heavy atom. The fraction of sp³-hybridized carbons (Fsp3) is 0.231. The Morgan fingerprint density at radius 2 is 2.06 bits per heavy atom. The van der Waals surface area contributed by atoms with Crippen molar-refractivity contribution in [1.82, 2.24) is 4.57 Å². The van der Waals surface area contributed by atoms with Crippen LogP contribution in [-0.4, -0.2) is 10.4 Å². The van der Waals surface area contributed by atoms with Gasteiger partial charge in [0.05, 0.1) is 5.52 Å². The van der Waals surface area contributed by atoms with Crippen LogP contribution < -0.4 is 5.56 Å². The molecular weight excluding hydrogens is 282 g/mol. The normalized spacial score (nSPS) is 10.8. The number of halogens is 1. The van der Waals surface area contributed by atoms with E-state index in [2.05, 4.69) is 15.9 Å². The lowest BCUT2D eigenvalue weighted by Gasteiger charge is -2.10. The number of hydrogen-bond donors (Lipinski definition) is 0. The molecule has 4 heteroatoms. The van der Waals surface area contributed by atoms with Crippen LogP contribution in [0, 0.1) is 0 Å². The average molecular weight is 294 g/mol. The van der Waals surface area contributed by atoms with E-state index in [1.807, 2.05) is 25.1 Å². The number of pyridine rings is 1. The van der Waals surface area contributed by atoms with Crippen molar-refractivity contribution < 1.29 is 4.79 Å². The van der Waals surface area contributed by atoms with E-state index in [0.717, 1.165) is 15.4 Å². The molecule has 0 aliphatic carbocycles. The largest absolute Gasteiger partial charge is 0.309 e. The number of nitrogens with zero attached hydrogens (tertiary/aromatic N) is 1. The van der Waals surface area contributed by atoms with Crippen LogP contribution in [0.15, 0.2) is 33.5 Å². The summed E-state index contributed by atoms with van der Waals surface area (Å²) in [5.41, 5.74) is 1.15. The third-order valence-corrected chi connectivity index (χ3v) is 3.26. The van der Waals surface area contributed by atoms with Crippen molar-refractivity contribution in [1.29, 1.82) is 0 Å². The lowest BCUT2D eigenvalue weighted by atomic mass is 10.1. The first kappa shape index (κ1) is 12.0. The van der Waals surface area contributed by atoms with E-state index in [1.165, 1.54) is 13.0 Å². The minimum atomic E-state index is -0.132. The van der Waals surface area contributed by atoms with Gasteiger partial charge in [0.1, 0.15) is 0 Å². The molecule has 0 N–H and O–H groups in total. The zero-order chi connectivity index (χ0) is 12.6. The molecule has 0 spiro atoms. The fourth-order valence-corrected chi connectivity index (χ4v) is 2.34. The lowest BCUT2D eigenvalue weighted by Crippen LogP contribution is -2.20. The summed E-state index contributed by atoms with van der Waals surface area (Å²) in [6, 6.07) is 7.02. The monoisotopic (exact) mass is 293 g/mol. The van der Waals surface area contributed by atoms with Gasteiger partial charge in [-0.15, -0.1) is 0 Å². The van der Waals surface area contributed by atoms with Gasteiger partial charge in [-0.05, 0) is 32.0 Å². The minimum absolute atomic E-state index is 0.0894. The Hall–Kier alpha value is -1.42. The van der Waals surface area contributed by atoms with E-state index in [4.69, 9.17) is 0 Å². The van der Waals surface area contributed by atoms with Gasteiger partial charge in [0.2, 0.25) is 0 Å². The molecule has 88 valence electrons. The Labute approximate surface area is 107 Å². The molecule has 0 unspecified atom stereocenters. The van der Waals surface area contributed by atoms with Crippen molar-refractivity contribution in [2.45, 2.75) is 20.4 Å². The van der Waals surface area contributed by atoms with E-state index in [9.17, 15) is 9.59 Å². The van der Waals surface area contributed by atoms with E-state index in [1.54, 1.807) is 4.57 Å². The lowest BCUT2D eigenvalue weighted by molar-refractivity contribution is 0.101. The Kier molecular flexibility index (Phi) is 3.15. The molecule has 1 heterocycles. The first-order valence-corrected chi connectivity index (χ1v) is 6.18. The molecule has 3 nitrogen and oxygen atoms in total. The Balaban J connectivity index is 2.99. The summed E-state index contributed by atoms with van der Waals surface area (Å²) in [4.78, 5) is 23.4. The van der Waals surface area contributed by atoms with Gasteiger partial charge < -0.3 is 4.57 Å². The molecule has 0 fully saturated rings. The highest BCUT2D eigenvalue weighted by atomic mass is 79.9. The maximum Gasteiger partial charge on any atom is 0.251 e. The summed E-state index contributed by atoms with van der Waals surface area (Å²) < 4.78 is 2.56. The van der Waals surface area contributed by atoms with Crippen LogP contribution in [0.5, 0.6) is 0 Å². The zero-order valence-electron chi connectivity index (χ0n) is 9.66. The van der Waals surface area contributed by atoms with Crippen LogP contribution >= 0.6 is 15.9 Å². The van der Waals surface area contributed by atoms with Gasteiger partial charge in [0.15, 0.2) is 5.78 Å². The number of fused-ring (bicyclic) bond motifs is 1. The molecule has 0 bridgehead atoms. The maximum absolute atomic E-state index is 11.9. The highest BCUT2D eigenvalue weighted by Crippen LogP contribution is 2.22. The molecule has 0 amide bonds. The third kappa shape index (κ3) is 2.05. The van der Waals surface area contributed by atoms with E-state index < -0.39 is 0 Å². The van der Waals surface area contributed by atoms with Gasteiger partial charge in [-0.1, -0.05) is 15.9 Å². The van der Waals surface area contributed by atoms with Crippen molar-refractivity contribution in [2.24, 2.45) is 0 Å². The molecule has 0 radical (unpaired) electrons. The molecule has 0 aliphatic heterocycles. The number of rotatable bonds is 2. The Bertz CT molecular complexity index is 658. The third-order valence-electron chi connectivity index (χ3n) is 2.77. The van der Waals surface area contributed by atoms with E-state index in [-0.39, 0.29) is 11.3 Å². The van der Waals surface area contributed by atoms with Crippen LogP contribution in [-0.2, 0) is 6.54 Å². The van der Waals surface area contributed by atoms with Gasteiger partial charge in [-0.2, -0.15) is 0 Å². The average Bonchev–Trinajstić information content (AvgIpc) is 2.28. The standard InChI is InChI=1S/C13H12BrNO2/c1-3-15-12-5-4-9(14)6-11(12)10(8(2)16)7-13(15)17/h4-7H,3H2,1-2H3. The topological polar surface area (TPSA) is 39.1 Å². The summed E-state index contributed by atoms with van der Waals surface area (Å²) >= 11 is 3.38. The van der Waals surface area contributed by atoms with Gasteiger partial charge in [0.25, 0.3) is 5.56 Å². The van der Waals surface area contributed by atoms with Crippen LogP contribution in [0.1, 0.15) is 24.2 Å². The predicted molar refractivity (Wildman–Crippen MR) is 71.6 cm³/mol. The van der Waals surface area contributed by atoms with Crippen molar-refractivity contribution in [2.75, 3.05) is 0 Å². The van der Waals surface area contributed by atoms with Crippen LogP contribution in [0.2, 0.25) is 0 Å². The van der Waals surface area contributed by atoms with Crippen molar-refractivity contribution in [3.05, 3.63) is 44.7 Å². The highest BCUT2D eigenvalue weighted by Gasteiger charge is 2.11. The molecule has 0 aliphatic rings. The van der Waals surface area contributed by atoms with Gasteiger partial charge >= 0.3 is 0 Å². The number of carbonyl (C=O) groups excluding carboxylic acids is 1. The summed E-state index contributed by atoms with van der Waals surface area (Å²) in [7, 11) is 0. The van der Waals surface area contributed by atoms with Crippen molar-refractivity contribution in [3.63, 3.8) is 0 Å². The molecule has 0 atom stereocenters. The number of aryl methyl sites for hydroxylation is 1. The summed E-state index contributed by atoms with van der Waals surface area (Å²) in [5, 5.41) is 0.813. The molecule has 0 saturated heterocycles. The number of aromatic nitrogens is 1. The Morgan fingerprint density at radius 3 is 2.65 bits per heavy atom. The predicted octanol–water partition coefficient (Wildman–Crippen LogP) is 2.99. The van der Waals surface area contributed by atoms with Crippen molar-refractivity contribution in [3.8, 4) is 0 Å². The van der Waals surface area contributed by atoms with Crippen LogP contribution in [0.3, 0.4) is 0 Å². The van der Waals surface area contributed by atoms with Gasteiger partial charge in [0, 0.05) is 28.0 Å². The van der Waals surface area contributed by atoms with Gasteiger partial charge in [-0.25, -0.2) is 0 Å². The second kappa shape index (κ2) is 4.45. The molecule has 1 aromatic heterocycles. The van der Waals surface area contributed by atoms with E-state index >= 15 is 0 Å². The smallest absolute Gasteiger partial charge is 0.251 e. The quantitative estimate of drug-likeness (QED) is 0.799. The van der Waals surface area contributed by atoms with Crippen LogP contribution in [0.4, 0.5) is 0 Å². The first-order chi connectivity index (χ1) is 8.04. The highest BCUT2D eigenvalue weighted by molar-refractivity contribution is 9.10. The first-order valence-electron chi connectivity index (χ1n) is 5.38. The second-order valence-electron chi connectivity index (χ2n) is 3.86. The molecule has 1 aromatic carbocycles. The number of hydrogen-bond acceptors (Lipinski definition) is 2. The molecule has 2 aromatic rings. The number of benzene rings is 1. The van der Waals surface area contributed by atoms with E-state index in [0.29, 0.717) is 12.1 Å². The van der Waals surface area contributed by atoms with Crippen molar-refractivity contribution >= 4 is 32.6 Å². The minimum Gasteiger partial charge on any atom is -0.309 e. The van der Waals surface area contributed by atoms with Gasteiger partial charge in [-0.3, -0.25) is 9.59 Å². The molecule has 2 rings (SSSR count). The van der Waals surface area contributed by atoms with Crippen LogP contribution in [0.25, 0.3) is 10.9 Å². The second-order valence-corrected chi connectivity index (χ2v) is 4.77. The maximum atomic E-state index is 11.9. The summed E-state index contributed by atoms with van der Waals surface area (Å²) in [6.45, 7) is 3.98. The number of Topliss-reactive ketones (excluding diaryl/α,β-unsaturated/α-hetero) is 1. The molecule has 17 heavy (non-hydrogen) atoms. The zero-order valence-corrected chi connectivity index (χ0v) is 11.2. The SMILES string of the molecule is CCn1c(=O)cc(C(C)=O)c2cc(Br)ccc21. The molecular formula is C13H12BrNO2. The summed E-state index contributed by atoms with van der Waals surface area (Å²) in [6.07, 6.45) is 0. The fourth-order valence-electron chi connectivity index (χ4n) is 1.97.